The van der Waals surface area contributed by atoms with Crippen LogP contribution in [0.1, 0.15) is 25.5 Å². The van der Waals surface area contributed by atoms with Crippen molar-refractivity contribution in [1.82, 2.24) is 10.3 Å². The number of hydrogen-bond acceptors (Lipinski definition) is 3. The second kappa shape index (κ2) is 7.00. The number of ether oxygens (including phenoxy) is 1. The number of aromatic nitrogens is 1. The molecular weight excluding hydrogens is 242 g/mol. The number of nitrogens with zero attached hydrogens (tertiary/aromatic N) is 1. The number of methoxy groups -OCH3 is 1. The molecule has 0 aliphatic heterocycles. The van der Waals surface area contributed by atoms with Crippen molar-refractivity contribution in [2.45, 2.75) is 32.4 Å². The Morgan fingerprint density at radius 3 is 2.89 bits per heavy atom. The summed E-state index contributed by atoms with van der Waals surface area (Å²) in [5, 5.41) is 2.52. The molecule has 18 heavy (non-hydrogen) atoms. The molecule has 0 aromatic carbocycles. The van der Waals surface area contributed by atoms with Gasteiger partial charge >= 0.3 is 0 Å². The van der Waals surface area contributed by atoms with E-state index in [0.717, 1.165) is 12.3 Å². The Hall–Kier alpha value is -1.56. The third-order valence-corrected chi connectivity index (χ3v) is 2.52. The summed E-state index contributed by atoms with van der Waals surface area (Å²) < 4.78 is 30.8. The minimum atomic E-state index is -0.763. The fourth-order valence-electron chi connectivity index (χ4n) is 1.30. The van der Waals surface area contributed by atoms with Crippen molar-refractivity contribution in [3.05, 3.63) is 29.6 Å². The third-order valence-electron chi connectivity index (χ3n) is 2.52. The van der Waals surface area contributed by atoms with Gasteiger partial charge in [-0.05, 0) is 13.3 Å². The van der Waals surface area contributed by atoms with E-state index in [0.29, 0.717) is 6.42 Å². The predicted octanol–water partition coefficient (Wildman–Crippen LogP) is 1.79. The van der Waals surface area contributed by atoms with E-state index in [1.165, 1.54) is 0 Å². The van der Waals surface area contributed by atoms with E-state index in [1.54, 1.807) is 7.11 Å². The van der Waals surface area contributed by atoms with Gasteiger partial charge in [-0.1, -0.05) is 0 Å². The average molecular weight is 258 g/mol. The van der Waals surface area contributed by atoms with E-state index < -0.39 is 11.6 Å². The van der Waals surface area contributed by atoms with Crippen molar-refractivity contribution in [3.8, 4) is 0 Å². The summed E-state index contributed by atoms with van der Waals surface area (Å²) in [4.78, 5) is 15.0. The lowest BCUT2D eigenvalue weighted by Crippen LogP contribution is -2.24. The summed E-state index contributed by atoms with van der Waals surface area (Å²) in [5.74, 6) is -1.72. The van der Waals surface area contributed by atoms with Crippen molar-refractivity contribution in [1.29, 1.82) is 0 Å². The number of pyridine rings is 1. The Morgan fingerprint density at radius 1 is 1.56 bits per heavy atom. The number of carbonyl (C=O) groups is 1. The van der Waals surface area contributed by atoms with Gasteiger partial charge in [-0.15, -0.1) is 0 Å². The highest BCUT2D eigenvalue weighted by Gasteiger charge is 2.09. The van der Waals surface area contributed by atoms with E-state index in [2.05, 4.69) is 10.3 Å². The van der Waals surface area contributed by atoms with E-state index in [1.807, 2.05) is 6.92 Å². The normalized spacial score (nSPS) is 12.2. The molecule has 0 saturated heterocycles. The molecule has 1 aromatic rings. The molecule has 100 valence electrons. The second-order valence-corrected chi connectivity index (χ2v) is 3.94. The molecule has 0 fully saturated rings. The van der Waals surface area contributed by atoms with E-state index in [9.17, 15) is 13.6 Å². The Balaban J connectivity index is 2.38. The van der Waals surface area contributed by atoms with Crippen molar-refractivity contribution < 1.29 is 18.3 Å². The van der Waals surface area contributed by atoms with Crippen LogP contribution in [0.2, 0.25) is 0 Å². The standard InChI is InChI=1S/C12H16F2N2O2/c1-8(18-2)3-4-12(17)16-7-11-10(14)5-9(13)6-15-11/h5-6,8H,3-4,7H2,1-2H3,(H,16,17). The number of rotatable bonds is 6. The number of amides is 1. The summed E-state index contributed by atoms with van der Waals surface area (Å²) in [7, 11) is 1.57. The molecule has 0 saturated carbocycles. The maximum Gasteiger partial charge on any atom is 0.220 e. The zero-order chi connectivity index (χ0) is 13.5. The molecule has 0 spiro atoms. The summed E-state index contributed by atoms with van der Waals surface area (Å²) >= 11 is 0. The van der Waals surface area contributed by atoms with Gasteiger partial charge in [-0.3, -0.25) is 9.78 Å². The van der Waals surface area contributed by atoms with Crippen LogP contribution < -0.4 is 5.32 Å². The molecule has 1 unspecified atom stereocenters. The number of nitrogens with one attached hydrogen (secondary N) is 1. The molecule has 6 heteroatoms. The van der Waals surface area contributed by atoms with Gasteiger partial charge in [-0.25, -0.2) is 8.78 Å². The first kappa shape index (κ1) is 14.5. The first-order valence-electron chi connectivity index (χ1n) is 5.62. The highest BCUT2D eigenvalue weighted by molar-refractivity contribution is 5.75. The number of carbonyl (C=O) groups excluding carboxylic acids is 1. The lowest BCUT2D eigenvalue weighted by Gasteiger charge is -2.09. The zero-order valence-corrected chi connectivity index (χ0v) is 10.4. The molecule has 1 N–H and O–H groups in total. The average Bonchev–Trinajstić information content (AvgIpc) is 2.34. The predicted molar refractivity (Wildman–Crippen MR) is 61.7 cm³/mol. The molecule has 1 rings (SSSR count). The fraction of sp³-hybridized carbons (Fsp3) is 0.500. The van der Waals surface area contributed by atoms with Crippen LogP contribution >= 0.6 is 0 Å². The van der Waals surface area contributed by atoms with Crippen molar-refractivity contribution in [2.75, 3.05) is 7.11 Å². The molecule has 0 bridgehead atoms. The SMILES string of the molecule is COC(C)CCC(=O)NCc1ncc(F)cc1F. The summed E-state index contributed by atoms with van der Waals surface area (Å²) in [6.45, 7) is 1.81. The van der Waals surface area contributed by atoms with Gasteiger partial charge in [0.2, 0.25) is 5.91 Å². The van der Waals surface area contributed by atoms with Gasteiger partial charge in [0.25, 0.3) is 0 Å². The monoisotopic (exact) mass is 258 g/mol. The summed E-state index contributed by atoms with van der Waals surface area (Å²) in [6.07, 6.45) is 1.79. The molecule has 1 atom stereocenters. The summed E-state index contributed by atoms with van der Waals surface area (Å²) in [6, 6.07) is 0.738. The fourth-order valence-corrected chi connectivity index (χ4v) is 1.30. The molecule has 4 nitrogen and oxygen atoms in total. The lowest BCUT2D eigenvalue weighted by molar-refractivity contribution is -0.121. The largest absolute Gasteiger partial charge is 0.382 e. The molecule has 0 aliphatic rings. The molecule has 0 aliphatic carbocycles. The first-order valence-corrected chi connectivity index (χ1v) is 5.62. The molecule has 1 heterocycles. The van der Waals surface area contributed by atoms with Gasteiger partial charge < -0.3 is 10.1 Å². The van der Waals surface area contributed by atoms with E-state index in [-0.39, 0.29) is 30.7 Å². The number of halogens is 2. The van der Waals surface area contributed by atoms with Crippen LogP contribution in [0.4, 0.5) is 8.78 Å². The van der Waals surface area contributed by atoms with Gasteiger partial charge in [0, 0.05) is 19.6 Å². The molecule has 0 radical (unpaired) electrons. The van der Waals surface area contributed by atoms with Crippen LogP contribution in [0.3, 0.4) is 0 Å². The van der Waals surface area contributed by atoms with Gasteiger partial charge in [0.1, 0.15) is 11.6 Å². The van der Waals surface area contributed by atoms with Crippen LogP contribution in [-0.4, -0.2) is 24.1 Å². The Bertz CT molecular complexity index is 413. The van der Waals surface area contributed by atoms with Crippen LogP contribution in [0, 0.1) is 11.6 Å². The Kier molecular flexibility index (Phi) is 5.64. The van der Waals surface area contributed by atoms with Crippen molar-refractivity contribution in [3.63, 3.8) is 0 Å². The topological polar surface area (TPSA) is 51.2 Å². The third kappa shape index (κ3) is 4.75. The van der Waals surface area contributed by atoms with Gasteiger partial charge in [0.05, 0.1) is 24.5 Å². The quantitative estimate of drug-likeness (QED) is 0.846. The Morgan fingerprint density at radius 2 is 2.28 bits per heavy atom. The summed E-state index contributed by atoms with van der Waals surface area (Å²) in [5.41, 5.74) is 0.0181. The Labute approximate surface area is 104 Å². The highest BCUT2D eigenvalue weighted by Crippen LogP contribution is 2.06. The minimum absolute atomic E-state index is 0.00330. The van der Waals surface area contributed by atoms with Crippen molar-refractivity contribution >= 4 is 5.91 Å². The van der Waals surface area contributed by atoms with Crippen LogP contribution in [0.15, 0.2) is 12.3 Å². The maximum absolute atomic E-state index is 13.2. The van der Waals surface area contributed by atoms with E-state index >= 15 is 0 Å². The second-order valence-electron chi connectivity index (χ2n) is 3.94. The van der Waals surface area contributed by atoms with Gasteiger partial charge in [-0.2, -0.15) is 0 Å². The zero-order valence-electron chi connectivity index (χ0n) is 10.4. The molecular formula is C12H16F2N2O2. The van der Waals surface area contributed by atoms with E-state index in [4.69, 9.17) is 4.74 Å². The van der Waals surface area contributed by atoms with Crippen molar-refractivity contribution in [2.24, 2.45) is 0 Å². The first-order chi connectivity index (χ1) is 8.52. The maximum atomic E-state index is 13.2. The molecule has 1 amide bonds. The number of hydrogen-bond donors (Lipinski definition) is 1. The lowest BCUT2D eigenvalue weighted by atomic mass is 10.2. The van der Waals surface area contributed by atoms with Crippen LogP contribution in [0.5, 0.6) is 0 Å². The smallest absolute Gasteiger partial charge is 0.220 e. The van der Waals surface area contributed by atoms with Crippen LogP contribution in [0.25, 0.3) is 0 Å². The van der Waals surface area contributed by atoms with Gasteiger partial charge in [0.15, 0.2) is 0 Å². The molecule has 1 aromatic heterocycles. The van der Waals surface area contributed by atoms with Crippen LogP contribution in [-0.2, 0) is 16.1 Å². The minimum Gasteiger partial charge on any atom is -0.382 e. The highest BCUT2D eigenvalue weighted by atomic mass is 19.1.